The van der Waals surface area contributed by atoms with Gasteiger partial charge in [0.15, 0.2) is 0 Å². The normalized spacial score (nSPS) is 26.4. The monoisotopic (exact) mass is 326 g/mol. The van der Waals surface area contributed by atoms with Gasteiger partial charge in [0.2, 0.25) is 5.91 Å². The van der Waals surface area contributed by atoms with Crippen LogP contribution >= 0.6 is 0 Å². The molecule has 0 saturated carbocycles. The van der Waals surface area contributed by atoms with E-state index in [0.717, 1.165) is 19.5 Å². The van der Waals surface area contributed by atoms with Gasteiger partial charge in [-0.2, -0.15) is 0 Å². The highest BCUT2D eigenvalue weighted by atomic mass is 16.2. The summed E-state index contributed by atoms with van der Waals surface area (Å²) in [6.07, 6.45) is 4.62. The maximum absolute atomic E-state index is 11.1. The molecule has 2 aromatic rings. The third-order valence-corrected chi connectivity index (χ3v) is 5.77. The Morgan fingerprint density at radius 2 is 2.17 bits per heavy atom. The molecule has 5 nitrogen and oxygen atoms in total. The quantitative estimate of drug-likeness (QED) is 0.846. The molecule has 0 bridgehead atoms. The minimum atomic E-state index is -0.0339. The molecule has 5 heteroatoms. The first-order chi connectivity index (χ1) is 11.5. The van der Waals surface area contributed by atoms with Crippen molar-refractivity contribution in [2.75, 3.05) is 20.1 Å². The second kappa shape index (κ2) is 5.90. The number of nitrogens with one attached hydrogen (secondary N) is 2. The molecule has 3 atom stereocenters. The zero-order valence-corrected chi connectivity index (χ0v) is 14.7. The summed E-state index contributed by atoms with van der Waals surface area (Å²) in [6, 6.07) is 7.33. The lowest BCUT2D eigenvalue weighted by molar-refractivity contribution is -0.120. The van der Waals surface area contributed by atoms with E-state index in [1.54, 1.807) is 0 Å². The Balaban J connectivity index is 1.62. The summed E-state index contributed by atoms with van der Waals surface area (Å²) in [5, 5.41) is 1.48. The van der Waals surface area contributed by atoms with Crippen molar-refractivity contribution < 1.29 is 4.79 Å². The van der Waals surface area contributed by atoms with Crippen LogP contribution in [0.4, 0.5) is 0 Å². The lowest BCUT2D eigenvalue weighted by Gasteiger charge is -2.45. The number of aryl methyl sites for hydroxylation is 1. The summed E-state index contributed by atoms with van der Waals surface area (Å²) < 4.78 is 2.27. The largest absolute Gasteiger partial charge is 0.350 e. The van der Waals surface area contributed by atoms with Crippen LogP contribution in [0.3, 0.4) is 0 Å². The number of hydrogen-bond acceptors (Lipinski definition) is 3. The molecule has 2 heterocycles. The number of benzene rings is 1. The van der Waals surface area contributed by atoms with Gasteiger partial charge in [0.25, 0.3) is 0 Å². The van der Waals surface area contributed by atoms with E-state index in [1.807, 2.05) is 0 Å². The lowest BCUT2D eigenvalue weighted by atomic mass is 9.72. The number of rotatable bonds is 3. The van der Waals surface area contributed by atoms with Crippen LogP contribution in [-0.4, -0.2) is 41.6 Å². The highest BCUT2D eigenvalue weighted by Gasteiger charge is 2.39. The van der Waals surface area contributed by atoms with Crippen LogP contribution in [-0.2, 0) is 18.3 Å². The molecule has 1 saturated heterocycles. The predicted octanol–water partition coefficient (Wildman–Crippen LogP) is 1.78. The second-order valence-corrected chi connectivity index (χ2v) is 7.49. The number of carbonyl (C=O) groups is 1. The van der Waals surface area contributed by atoms with Crippen molar-refractivity contribution >= 4 is 16.8 Å². The van der Waals surface area contributed by atoms with E-state index < -0.39 is 0 Å². The van der Waals surface area contributed by atoms with Crippen molar-refractivity contribution in [3.63, 3.8) is 0 Å². The summed E-state index contributed by atoms with van der Waals surface area (Å²) in [7, 11) is 4.39. The molecule has 1 aromatic carbocycles. The van der Waals surface area contributed by atoms with Crippen LogP contribution in [0.2, 0.25) is 0 Å². The lowest BCUT2D eigenvalue weighted by Crippen LogP contribution is -2.51. The Kier molecular flexibility index (Phi) is 3.85. The first kappa shape index (κ1) is 15.7. The van der Waals surface area contributed by atoms with E-state index in [2.05, 4.69) is 58.8 Å². The highest BCUT2D eigenvalue weighted by molar-refractivity contribution is 5.89. The number of likely N-dealkylation sites (tertiary alicyclic amines) is 1. The molecule has 1 aliphatic heterocycles. The maximum Gasteiger partial charge on any atom is 0.230 e. The van der Waals surface area contributed by atoms with Crippen LogP contribution in [0, 0.1) is 5.92 Å². The molecule has 1 aromatic heterocycles. The Morgan fingerprint density at radius 1 is 1.33 bits per heavy atom. The van der Waals surface area contributed by atoms with E-state index in [-0.39, 0.29) is 5.91 Å². The van der Waals surface area contributed by atoms with E-state index in [9.17, 15) is 4.79 Å². The molecule has 4 rings (SSSR count). The SMILES string of the molecule is CC(=O)NNC[C@@H]1C[C@@H]2c3cccc4c3c(cn4C)C[C@H]2N(C)C1. The fraction of sp³-hybridized carbons (Fsp3) is 0.526. The Bertz CT molecular complexity index is 781. The van der Waals surface area contributed by atoms with Gasteiger partial charge in [-0.3, -0.25) is 10.2 Å². The van der Waals surface area contributed by atoms with Crippen molar-refractivity contribution in [2.24, 2.45) is 13.0 Å². The molecule has 0 unspecified atom stereocenters. The zero-order chi connectivity index (χ0) is 16.8. The number of piperidine rings is 1. The van der Waals surface area contributed by atoms with Gasteiger partial charge in [0, 0.05) is 56.1 Å². The number of hydrazine groups is 1. The van der Waals surface area contributed by atoms with Gasteiger partial charge >= 0.3 is 0 Å². The standard InChI is InChI=1S/C19H26N4O/c1-12(24)21-20-9-13-7-16-15-5-4-6-17-19(15)14(11-23(17)3)8-18(16)22(2)10-13/h4-6,11,13,16,18,20H,7-10H2,1-3H3,(H,21,24)/t13-,16+,18+/m0/s1. The van der Waals surface area contributed by atoms with E-state index in [1.165, 1.54) is 35.4 Å². The van der Waals surface area contributed by atoms with Crippen LogP contribution < -0.4 is 10.9 Å². The van der Waals surface area contributed by atoms with Gasteiger partial charge in [-0.1, -0.05) is 12.1 Å². The molecule has 1 aliphatic carbocycles. The molecule has 2 N–H and O–H groups in total. The number of aromatic nitrogens is 1. The number of likely N-dealkylation sites (N-methyl/N-ethyl adjacent to an activating group) is 1. The number of fused-ring (bicyclic) bond motifs is 2. The second-order valence-electron chi connectivity index (χ2n) is 7.49. The first-order valence-electron chi connectivity index (χ1n) is 8.81. The fourth-order valence-electron chi connectivity index (χ4n) is 4.80. The number of hydrogen-bond donors (Lipinski definition) is 2. The molecule has 128 valence electrons. The average molecular weight is 326 g/mol. The van der Waals surface area contributed by atoms with Crippen molar-refractivity contribution in [3.8, 4) is 0 Å². The number of amides is 1. The van der Waals surface area contributed by atoms with Gasteiger partial charge in [-0.15, -0.1) is 0 Å². The predicted molar refractivity (Wildman–Crippen MR) is 95.7 cm³/mol. The van der Waals surface area contributed by atoms with E-state index in [4.69, 9.17) is 0 Å². The highest BCUT2D eigenvalue weighted by Crippen LogP contribution is 2.44. The van der Waals surface area contributed by atoms with Gasteiger partial charge in [-0.05, 0) is 43.0 Å². The summed E-state index contributed by atoms with van der Waals surface area (Å²) in [4.78, 5) is 13.6. The van der Waals surface area contributed by atoms with Gasteiger partial charge in [-0.25, -0.2) is 5.43 Å². The van der Waals surface area contributed by atoms with Crippen molar-refractivity contribution in [1.82, 2.24) is 20.3 Å². The molecule has 2 aliphatic rings. The molecular formula is C19H26N4O. The van der Waals surface area contributed by atoms with Crippen molar-refractivity contribution in [2.45, 2.75) is 31.7 Å². The Labute approximate surface area is 143 Å². The molecule has 1 amide bonds. The molecule has 24 heavy (non-hydrogen) atoms. The number of nitrogens with zero attached hydrogens (tertiary/aromatic N) is 2. The summed E-state index contributed by atoms with van der Waals surface area (Å²) in [5.41, 5.74) is 10.1. The smallest absolute Gasteiger partial charge is 0.230 e. The molecular weight excluding hydrogens is 300 g/mol. The average Bonchev–Trinajstić information content (AvgIpc) is 2.86. The van der Waals surface area contributed by atoms with Crippen molar-refractivity contribution in [3.05, 3.63) is 35.5 Å². The van der Waals surface area contributed by atoms with Gasteiger partial charge < -0.3 is 9.47 Å². The summed E-state index contributed by atoms with van der Waals surface area (Å²) >= 11 is 0. The van der Waals surface area contributed by atoms with Crippen LogP contribution in [0.15, 0.2) is 24.4 Å². The van der Waals surface area contributed by atoms with Gasteiger partial charge in [0.05, 0.1) is 0 Å². The third kappa shape index (κ3) is 2.52. The minimum Gasteiger partial charge on any atom is -0.350 e. The third-order valence-electron chi connectivity index (χ3n) is 5.77. The Morgan fingerprint density at radius 3 is 2.96 bits per heavy atom. The number of carbonyl (C=O) groups excluding carboxylic acids is 1. The topological polar surface area (TPSA) is 49.3 Å². The Hall–Kier alpha value is -1.85. The van der Waals surface area contributed by atoms with Crippen LogP contribution in [0.5, 0.6) is 0 Å². The van der Waals surface area contributed by atoms with E-state index in [0.29, 0.717) is 17.9 Å². The summed E-state index contributed by atoms with van der Waals surface area (Å²) in [5.74, 6) is 1.09. The van der Waals surface area contributed by atoms with Crippen molar-refractivity contribution in [1.29, 1.82) is 0 Å². The van der Waals surface area contributed by atoms with Crippen LogP contribution in [0.1, 0.15) is 30.4 Å². The fourth-order valence-corrected chi connectivity index (χ4v) is 4.80. The van der Waals surface area contributed by atoms with Crippen LogP contribution in [0.25, 0.3) is 10.9 Å². The first-order valence-corrected chi connectivity index (χ1v) is 8.81. The summed E-state index contributed by atoms with van der Waals surface area (Å²) in [6.45, 7) is 3.44. The van der Waals surface area contributed by atoms with Gasteiger partial charge in [0.1, 0.15) is 0 Å². The molecule has 0 radical (unpaired) electrons. The van der Waals surface area contributed by atoms with E-state index >= 15 is 0 Å². The molecule has 1 fully saturated rings. The zero-order valence-electron chi connectivity index (χ0n) is 14.7. The minimum absolute atomic E-state index is 0.0339. The molecule has 0 spiro atoms. The maximum atomic E-state index is 11.1.